The summed E-state index contributed by atoms with van der Waals surface area (Å²) in [6.45, 7) is 4.00. The molecular formula is C11H16F3N3O. The van der Waals surface area contributed by atoms with E-state index in [1.165, 1.54) is 7.05 Å². The van der Waals surface area contributed by atoms with Crippen LogP contribution in [0.5, 0.6) is 0 Å². The van der Waals surface area contributed by atoms with Crippen LogP contribution in [0.3, 0.4) is 0 Å². The van der Waals surface area contributed by atoms with E-state index in [1.807, 2.05) is 13.8 Å². The smallest absolute Gasteiger partial charge is 0.398 e. The number of alkyl halides is 3. The summed E-state index contributed by atoms with van der Waals surface area (Å²) in [5, 5.41) is 0.672. The molecule has 0 aromatic heterocycles. The molecule has 0 saturated carbocycles. The maximum Gasteiger partial charge on any atom is 0.416 e. The first kappa shape index (κ1) is 16.2. The van der Waals surface area contributed by atoms with Gasteiger partial charge in [0.25, 0.3) is 5.91 Å². The molecule has 0 radical (unpaired) electrons. The van der Waals surface area contributed by atoms with Gasteiger partial charge in [0.15, 0.2) is 0 Å². The van der Waals surface area contributed by atoms with Gasteiger partial charge in [-0.1, -0.05) is 13.8 Å². The van der Waals surface area contributed by atoms with Gasteiger partial charge < -0.3 is 5.73 Å². The number of nitrogens with two attached hydrogens (primary N) is 2. The SMILES string of the molecule is CC.CN(N)C(=O)c1cc(C(F)(F)F)ccc1N. The van der Waals surface area contributed by atoms with Crippen LogP contribution in [-0.2, 0) is 6.18 Å². The van der Waals surface area contributed by atoms with Gasteiger partial charge in [0.05, 0.1) is 11.1 Å². The fourth-order valence-electron chi connectivity index (χ4n) is 1.11. The minimum Gasteiger partial charge on any atom is -0.398 e. The van der Waals surface area contributed by atoms with Crippen LogP contribution >= 0.6 is 0 Å². The lowest BCUT2D eigenvalue weighted by Crippen LogP contribution is -2.33. The number of hydrazine groups is 1. The molecule has 0 fully saturated rings. The van der Waals surface area contributed by atoms with E-state index in [2.05, 4.69) is 0 Å². The van der Waals surface area contributed by atoms with Crippen LogP contribution in [0, 0.1) is 0 Å². The highest BCUT2D eigenvalue weighted by Crippen LogP contribution is 2.31. The Hall–Kier alpha value is -1.76. The van der Waals surface area contributed by atoms with Gasteiger partial charge in [-0.25, -0.2) is 5.84 Å². The standard InChI is InChI=1S/C9H10F3N3O.C2H6/c1-15(14)8(16)6-4-5(9(10,11)12)2-3-7(6)13;1-2/h2-4H,13-14H2,1H3;1-2H3. The molecule has 0 unspecified atom stereocenters. The first-order valence-electron chi connectivity index (χ1n) is 5.23. The van der Waals surface area contributed by atoms with E-state index in [-0.39, 0.29) is 11.3 Å². The summed E-state index contributed by atoms with van der Waals surface area (Å²) in [5.74, 6) is 4.37. The average Bonchev–Trinajstić information content (AvgIpc) is 2.29. The lowest BCUT2D eigenvalue weighted by atomic mass is 10.1. The Kier molecular flexibility index (Phi) is 5.64. The second kappa shape index (κ2) is 6.25. The highest BCUT2D eigenvalue weighted by molar-refractivity contribution is 5.98. The van der Waals surface area contributed by atoms with Crippen molar-refractivity contribution < 1.29 is 18.0 Å². The normalized spacial score (nSPS) is 10.4. The van der Waals surface area contributed by atoms with Gasteiger partial charge in [0.2, 0.25) is 0 Å². The minimum absolute atomic E-state index is 0.0460. The van der Waals surface area contributed by atoms with Crippen molar-refractivity contribution in [2.24, 2.45) is 5.84 Å². The van der Waals surface area contributed by atoms with Crippen molar-refractivity contribution in [2.75, 3.05) is 12.8 Å². The number of hydrogen-bond acceptors (Lipinski definition) is 3. The first-order chi connectivity index (χ1) is 8.23. The lowest BCUT2D eigenvalue weighted by molar-refractivity contribution is -0.137. The fourth-order valence-corrected chi connectivity index (χ4v) is 1.11. The van der Waals surface area contributed by atoms with Crippen LogP contribution in [0.1, 0.15) is 29.8 Å². The summed E-state index contributed by atoms with van der Waals surface area (Å²) < 4.78 is 37.1. The summed E-state index contributed by atoms with van der Waals surface area (Å²) in [6.07, 6.45) is -4.52. The Morgan fingerprint density at radius 2 is 1.78 bits per heavy atom. The summed E-state index contributed by atoms with van der Waals surface area (Å²) in [4.78, 5) is 11.4. The van der Waals surface area contributed by atoms with Gasteiger partial charge in [-0.15, -0.1) is 0 Å². The van der Waals surface area contributed by atoms with E-state index in [4.69, 9.17) is 11.6 Å². The van der Waals surface area contributed by atoms with E-state index >= 15 is 0 Å². The Labute approximate surface area is 103 Å². The fraction of sp³-hybridized carbons (Fsp3) is 0.364. The molecule has 102 valence electrons. The molecule has 4 nitrogen and oxygen atoms in total. The van der Waals surface area contributed by atoms with Crippen LogP contribution in [0.25, 0.3) is 0 Å². The van der Waals surface area contributed by atoms with E-state index < -0.39 is 17.6 Å². The Bertz CT molecular complexity index is 416. The molecule has 18 heavy (non-hydrogen) atoms. The van der Waals surface area contributed by atoms with E-state index in [0.29, 0.717) is 11.1 Å². The van der Waals surface area contributed by atoms with Gasteiger partial charge in [0, 0.05) is 12.7 Å². The first-order valence-corrected chi connectivity index (χ1v) is 5.23. The van der Waals surface area contributed by atoms with Gasteiger partial charge >= 0.3 is 6.18 Å². The number of nitrogens with zero attached hydrogens (tertiary/aromatic N) is 1. The highest BCUT2D eigenvalue weighted by atomic mass is 19.4. The number of carbonyl (C=O) groups excluding carboxylic acids is 1. The maximum atomic E-state index is 12.4. The molecule has 1 rings (SSSR count). The van der Waals surface area contributed by atoms with E-state index in [9.17, 15) is 18.0 Å². The van der Waals surface area contributed by atoms with Crippen LogP contribution in [-0.4, -0.2) is 18.0 Å². The molecule has 0 aliphatic heterocycles. The summed E-state index contributed by atoms with van der Waals surface area (Å²) in [7, 11) is 1.22. The van der Waals surface area contributed by atoms with Crippen LogP contribution < -0.4 is 11.6 Å². The predicted molar refractivity (Wildman–Crippen MR) is 63.5 cm³/mol. The molecule has 0 heterocycles. The zero-order chi connectivity index (χ0) is 14.5. The molecular weight excluding hydrogens is 247 g/mol. The topological polar surface area (TPSA) is 72.3 Å². The van der Waals surface area contributed by atoms with Gasteiger partial charge in [-0.05, 0) is 18.2 Å². The molecule has 1 aromatic rings. The van der Waals surface area contributed by atoms with Crippen molar-refractivity contribution in [1.82, 2.24) is 5.01 Å². The highest BCUT2D eigenvalue weighted by Gasteiger charge is 2.31. The zero-order valence-electron chi connectivity index (χ0n) is 10.4. The number of nitrogen functional groups attached to an aromatic ring is 1. The number of halogens is 3. The quantitative estimate of drug-likeness (QED) is 0.353. The molecule has 0 bridgehead atoms. The summed E-state index contributed by atoms with van der Waals surface area (Å²) in [6, 6.07) is 2.52. The molecule has 0 spiro atoms. The monoisotopic (exact) mass is 263 g/mol. The number of rotatable bonds is 1. The van der Waals surface area contributed by atoms with Crippen LogP contribution in [0.4, 0.5) is 18.9 Å². The number of anilines is 1. The predicted octanol–water partition coefficient (Wildman–Crippen LogP) is 2.26. The molecule has 0 aliphatic carbocycles. The number of amides is 1. The number of benzene rings is 1. The zero-order valence-corrected chi connectivity index (χ0v) is 10.4. The second-order valence-corrected chi connectivity index (χ2v) is 3.22. The van der Waals surface area contributed by atoms with Crippen molar-refractivity contribution in [3.05, 3.63) is 29.3 Å². The van der Waals surface area contributed by atoms with Crippen molar-refractivity contribution in [2.45, 2.75) is 20.0 Å². The molecule has 0 aliphatic rings. The maximum absolute atomic E-state index is 12.4. The third kappa shape index (κ3) is 3.92. The van der Waals surface area contributed by atoms with Gasteiger partial charge in [-0.2, -0.15) is 13.2 Å². The van der Waals surface area contributed by atoms with Crippen LogP contribution in [0.2, 0.25) is 0 Å². The van der Waals surface area contributed by atoms with E-state index in [1.54, 1.807) is 0 Å². The molecule has 7 heteroatoms. The largest absolute Gasteiger partial charge is 0.416 e. The molecule has 1 amide bonds. The van der Waals surface area contributed by atoms with Gasteiger partial charge in [0.1, 0.15) is 0 Å². The van der Waals surface area contributed by atoms with E-state index in [0.717, 1.165) is 12.1 Å². The summed E-state index contributed by atoms with van der Waals surface area (Å²) in [5.41, 5.74) is 4.15. The minimum atomic E-state index is -4.52. The Balaban J connectivity index is 0.00000137. The Morgan fingerprint density at radius 3 is 2.17 bits per heavy atom. The molecule has 0 atom stereocenters. The Morgan fingerprint density at radius 1 is 1.28 bits per heavy atom. The number of carbonyl (C=O) groups is 1. The summed E-state index contributed by atoms with van der Waals surface area (Å²) >= 11 is 0. The van der Waals surface area contributed by atoms with Crippen molar-refractivity contribution in [3.8, 4) is 0 Å². The lowest BCUT2D eigenvalue weighted by Gasteiger charge is -2.14. The van der Waals surface area contributed by atoms with Crippen molar-refractivity contribution in [1.29, 1.82) is 0 Å². The molecule has 0 saturated heterocycles. The number of hydrogen-bond donors (Lipinski definition) is 2. The third-order valence-electron chi connectivity index (χ3n) is 1.93. The van der Waals surface area contributed by atoms with Crippen LogP contribution in [0.15, 0.2) is 18.2 Å². The van der Waals surface area contributed by atoms with Crippen molar-refractivity contribution >= 4 is 11.6 Å². The second-order valence-electron chi connectivity index (χ2n) is 3.22. The van der Waals surface area contributed by atoms with Crippen molar-refractivity contribution in [3.63, 3.8) is 0 Å². The average molecular weight is 263 g/mol. The molecule has 4 N–H and O–H groups in total. The van der Waals surface area contributed by atoms with Gasteiger partial charge in [-0.3, -0.25) is 9.80 Å². The third-order valence-corrected chi connectivity index (χ3v) is 1.93. The molecule has 1 aromatic carbocycles.